The summed E-state index contributed by atoms with van der Waals surface area (Å²) in [6.45, 7) is 14.8. The first kappa shape index (κ1) is 31.0. The van der Waals surface area contributed by atoms with Crippen LogP contribution in [0.2, 0.25) is 0 Å². The molecule has 2 heteroatoms. The molecule has 0 amide bonds. The fourth-order valence-corrected chi connectivity index (χ4v) is 5.71. The molecule has 39 heavy (non-hydrogen) atoms. The van der Waals surface area contributed by atoms with E-state index in [1.807, 2.05) is 0 Å². The van der Waals surface area contributed by atoms with Gasteiger partial charge in [0.2, 0.25) is 0 Å². The molecule has 0 aliphatic heterocycles. The van der Waals surface area contributed by atoms with Crippen LogP contribution in [0.3, 0.4) is 0 Å². The van der Waals surface area contributed by atoms with Crippen LogP contribution < -0.4 is 10.6 Å². The SMILES string of the molecule is CCCCCC(C)(C)c1ccc(N(c2ccc(C(C)(C)CCCCC)cc2)c2ccccc2CCCN)cc1. The van der Waals surface area contributed by atoms with Crippen molar-refractivity contribution in [3.05, 3.63) is 89.5 Å². The first-order valence-electron chi connectivity index (χ1n) is 15.5. The van der Waals surface area contributed by atoms with Crippen LogP contribution in [0.15, 0.2) is 72.8 Å². The van der Waals surface area contributed by atoms with Crippen LogP contribution in [0.25, 0.3) is 0 Å². The van der Waals surface area contributed by atoms with Gasteiger partial charge in [-0.05, 0) is 90.1 Å². The van der Waals surface area contributed by atoms with Crippen molar-refractivity contribution >= 4 is 17.1 Å². The van der Waals surface area contributed by atoms with Gasteiger partial charge in [0.1, 0.15) is 0 Å². The lowest BCUT2D eigenvalue weighted by atomic mass is 9.80. The lowest BCUT2D eigenvalue weighted by molar-refractivity contribution is 0.450. The molecular weight excluding hydrogens is 472 g/mol. The van der Waals surface area contributed by atoms with E-state index in [0.29, 0.717) is 6.54 Å². The van der Waals surface area contributed by atoms with Crippen LogP contribution in [0.1, 0.15) is 116 Å². The lowest BCUT2D eigenvalue weighted by Crippen LogP contribution is -2.18. The highest BCUT2D eigenvalue weighted by Gasteiger charge is 2.23. The van der Waals surface area contributed by atoms with Crippen LogP contribution in [0, 0.1) is 0 Å². The third kappa shape index (κ3) is 8.45. The number of hydrogen-bond donors (Lipinski definition) is 1. The molecular formula is C37H54N2. The van der Waals surface area contributed by atoms with Crippen molar-refractivity contribution in [1.82, 2.24) is 0 Å². The van der Waals surface area contributed by atoms with Gasteiger partial charge in [0.25, 0.3) is 0 Å². The van der Waals surface area contributed by atoms with Crippen LogP contribution in [0.4, 0.5) is 17.1 Å². The maximum atomic E-state index is 5.91. The van der Waals surface area contributed by atoms with Gasteiger partial charge in [-0.25, -0.2) is 0 Å². The Labute approximate surface area is 240 Å². The number of aryl methyl sites for hydroxylation is 1. The van der Waals surface area contributed by atoms with Gasteiger partial charge in [-0.15, -0.1) is 0 Å². The highest BCUT2D eigenvalue weighted by atomic mass is 15.1. The zero-order valence-electron chi connectivity index (χ0n) is 25.7. The van der Waals surface area contributed by atoms with E-state index in [-0.39, 0.29) is 10.8 Å². The Morgan fingerprint density at radius 1 is 0.590 bits per heavy atom. The summed E-state index contributed by atoms with van der Waals surface area (Å²) in [5.41, 5.74) is 14.1. The molecule has 0 radical (unpaired) electrons. The van der Waals surface area contributed by atoms with E-state index in [4.69, 9.17) is 5.73 Å². The molecule has 3 aromatic rings. The maximum absolute atomic E-state index is 5.91. The third-order valence-electron chi connectivity index (χ3n) is 8.51. The molecule has 0 heterocycles. The molecule has 212 valence electrons. The van der Waals surface area contributed by atoms with E-state index in [9.17, 15) is 0 Å². The molecule has 2 nitrogen and oxygen atoms in total. The molecule has 0 aromatic heterocycles. The first-order chi connectivity index (χ1) is 18.7. The fourth-order valence-electron chi connectivity index (χ4n) is 5.71. The fraction of sp³-hybridized carbons (Fsp3) is 0.514. The smallest absolute Gasteiger partial charge is 0.0493 e. The normalized spacial score (nSPS) is 12.1. The van der Waals surface area contributed by atoms with E-state index in [2.05, 4.69) is 119 Å². The number of rotatable bonds is 16. The monoisotopic (exact) mass is 526 g/mol. The Morgan fingerprint density at radius 2 is 1.05 bits per heavy atom. The summed E-state index contributed by atoms with van der Waals surface area (Å²) in [6, 6.07) is 27.5. The maximum Gasteiger partial charge on any atom is 0.0493 e. The Hall–Kier alpha value is -2.58. The van der Waals surface area contributed by atoms with Crippen LogP contribution in [-0.2, 0) is 17.3 Å². The van der Waals surface area contributed by atoms with Gasteiger partial charge < -0.3 is 10.6 Å². The van der Waals surface area contributed by atoms with Crippen LogP contribution in [0.5, 0.6) is 0 Å². The summed E-state index contributed by atoms with van der Waals surface area (Å²) in [6.07, 6.45) is 12.1. The Morgan fingerprint density at radius 3 is 1.49 bits per heavy atom. The molecule has 0 atom stereocenters. The molecule has 0 unspecified atom stereocenters. The van der Waals surface area contributed by atoms with Crippen molar-refractivity contribution in [1.29, 1.82) is 0 Å². The second-order valence-electron chi connectivity index (χ2n) is 12.6. The topological polar surface area (TPSA) is 29.3 Å². The number of hydrogen-bond acceptors (Lipinski definition) is 2. The van der Waals surface area contributed by atoms with E-state index < -0.39 is 0 Å². The Bertz CT molecular complexity index is 1040. The lowest BCUT2D eigenvalue weighted by Gasteiger charge is -2.31. The predicted octanol–water partition coefficient (Wildman–Crippen LogP) is 10.8. The third-order valence-corrected chi connectivity index (χ3v) is 8.51. The standard InChI is InChI=1S/C37H54N2/c1-7-9-13-27-36(3,4)31-19-23-33(24-20-31)39(35-18-12-11-16-30(35)17-15-29-38)34-25-21-32(22-26-34)37(5,6)28-14-10-8-2/h11-12,16,18-26H,7-10,13-15,17,27-29,38H2,1-6H3. The summed E-state index contributed by atoms with van der Waals surface area (Å²) in [5.74, 6) is 0. The molecule has 0 aliphatic rings. The van der Waals surface area contributed by atoms with E-state index in [0.717, 1.165) is 12.8 Å². The average molecular weight is 527 g/mol. The molecule has 3 rings (SSSR count). The summed E-state index contributed by atoms with van der Waals surface area (Å²) in [4.78, 5) is 2.44. The molecule has 0 fully saturated rings. The molecule has 2 N–H and O–H groups in total. The van der Waals surface area contributed by atoms with E-state index in [1.54, 1.807) is 0 Å². The van der Waals surface area contributed by atoms with Crippen LogP contribution >= 0.6 is 0 Å². The molecule has 0 saturated carbocycles. The second kappa shape index (κ2) is 14.7. The van der Waals surface area contributed by atoms with E-state index in [1.165, 1.54) is 85.1 Å². The largest absolute Gasteiger partial charge is 0.330 e. The van der Waals surface area contributed by atoms with Crippen molar-refractivity contribution in [3.63, 3.8) is 0 Å². The Kier molecular flexibility index (Phi) is 11.7. The van der Waals surface area contributed by atoms with Gasteiger partial charge in [0.05, 0.1) is 0 Å². The number of nitrogens with two attached hydrogens (primary N) is 1. The van der Waals surface area contributed by atoms with Gasteiger partial charge in [0, 0.05) is 17.1 Å². The van der Waals surface area contributed by atoms with Gasteiger partial charge in [-0.1, -0.05) is 123 Å². The average Bonchev–Trinajstić information content (AvgIpc) is 2.93. The van der Waals surface area contributed by atoms with Crippen molar-refractivity contribution in [2.45, 2.75) is 117 Å². The number of unbranched alkanes of at least 4 members (excludes halogenated alkanes) is 4. The molecule has 0 aliphatic carbocycles. The van der Waals surface area contributed by atoms with Gasteiger partial charge in [-0.3, -0.25) is 0 Å². The Balaban J connectivity index is 1.99. The minimum atomic E-state index is 0.183. The van der Waals surface area contributed by atoms with Crippen LogP contribution in [-0.4, -0.2) is 6.54 Å². The van der Waals surface area contributed by atoms with Crippen molar-refractivity contribution in [2.24, 2.45) is 5.73 Å². The zero-order chi connectivity index (χ0) is 28.3. The summed E-state index contributed by atoms with van der Waals surface area (Å²) in [5, 5.41) is 0. The minimum absolute atomic E-state index is 0.183. The summed E-state index contributed by atoms with van der Waals surface area (Å²) in [7, 11) is 0. The first-order valence-corrected chi connectivity index (χ1v) is 15.5. The number of anilines is 3. The molecule has 0 spiro atoms. The van der Waals surface area contributed by atoms with Gasteiger partial charge in [0.15, 0.2) is 0 Å². The van der Waals surface area contributed by atoms with Gasteiger partial charge in [-0.2, -0.15) is 0 Å². The summed E-state index contributed by atoms with van der Waals surface area (Å²) >= 11 is 0. The van der Waals surface area contributed by atoms with Gasteiger partial charge >= 0.3 is 0 Å². The number of nitrogens with zero attached hydrogens (tertiary/aromatic N) is 1. The quantitative estimate of drug-likeness (QED) is 0.188. The van der Waals surface area contributed by atoms with Crippen molar-refractivity contribution in [2.75, 3.05) is 11.4 Å². The van der Waals surface area contributed by atoms with E-state index >= 15 is 0 Å². The summed E-state index contributed by atoms with van der Waals surface area (Å²) < 4.78 is 0. The minimum Gasteiger partial charge on any atom is -0.330 e. The van der Waals surface area contributed by atoms with Crippen molar-refractivity contribution in [3.8, 4) is 0 Å². The highest BCUT2D eigenvalue weighted by molar-refractivity contribution is 5.78. The zero-order valence-corrected chi connectivity index (χ0v) is 25.7. The molecule has 3 aromatic carbocycles. The molecule has 0 bridgehead atoms. The second-order valence-corrected chi connectivity index (χ2v) is 12.6. The number of para-hydroxylation sites is 1. The van der Waals surface area contributed by atoms with Crippen molar-refractivity contribution < 1.29 is 0 Å². The predicted molar refractivity (Wildman–Crippen MR) is 173 cm³/mol. The highest BCUT2D eigenvalue weighted by Crippen LogP contribution is 2.40. The molecule has 0 saturated heterocycles. The number of benzene rings is 3.